The number of carboxylic acid groups (broad SMARTS) is 1. The van der Waals surface area contributed by atoms with Gasteiger partial charge >= 0.3 is 12.5 Å². The van der Waals surface area contributed by atoms with Gasteiger partial charge in [0.2, 0.25) is 0 Å². The van der Waals surface area contributed by atoms with Gasteiger partial charge in [0.25, 0.3) is 0 Å². The standard InChI is InChI=1S/C23H11Cl3F3NO4S/c24-16-6-3-13(34-23(27,28)29)9-15(16)14-4-1-12(8-20(14)33-22(31)32)21-30-19(10-35-21)11-2-5-17(25)18(26)7-11/h1-10H,(H,31,32). The van der Waals surface area contributed by atoms with Gasteiger partial charge in [-0.2, -0.15) is 0 Å². The molecule has 12 heteroatoms. The third kappa shape index (κ3) is 5.99. The molecule has 1 N–H and O–H groups in total. The molecule has 0 aliphatic heterocycles. The van der Waals surface area contributed by atoms with Gasteiger partial charge in [-0.3, -0.25) is 0 Å². The molecule has 0 aliphatic carbocycles. The molecule has 0 bridgehead atoms. The van der Waals surface area contributed by atoms with Gasteiger partial charge in [0.1, 0.15) is 16.5 Å². The van der Waals surface area contributed by atoms with E-state index in [1.165, 1.54) is 29.5 Å². The molecule has 0 aliphatic rings. The zero-order valence-electron chi connectivity index (χ0n) is 17.1. The highest BCUT2D eigenvalue weighted by molar-refractivity contribution is 7.13. The molecule has 0 fully saturated rings. The second kappa shape index (κ2) is 9.94. The first-order valence-corrected chi connectivity index (χ1v) is 11.5. The van der Waals surface area contributed by atoms with E-state index < -0.39 is 18.3 Å². The van der Waals surface area contributed by atoms with Crippen LogP contribution in [0.15, 0.2) is 60.0 Å². The Labute approximate surface area is 215 Å². The zero-order chi connectivity index (χ0) is 25.3. The van der Waals surface area contributed by atoms with Crippen molar-refractivity contribution in [1.82, 2.24) is 4.98 Å². The molecule has 0 unspecified atom stereocenters. The third-order valence-electron chi connectivity index (χ3n) is 4.61. The lowest BCUT2D eigenvalue weighted by Gasteiger charge is -2.14. The summed E-state index contributed by atoms with van der Waals surface area (Å²) in [5, 5.41) is 12.4. The Morgan fingerprint density at radius 3 is 2.29 bits per heavy atom. The molecule has 0 spiro atoms. The molecule has 5 nitrogen and oxygen atoms in total. The van der Waals surface area contributed by atoms with Gasteiger partial charge in [-0.15, -0.1) is 24.5 Å². The Kier molecular flexibility index (Phi) is 7.14. The van der Waals surface area contributed by atoms with E-state index in [2.05, 4.69) is 9.72 Å². The number of ether oxygens (including phenoxy) is 2. The van der Waals surface area contributed by atoms with Crippen LogP contribution in [0.4, 0.5) is 18.0 Å². The second-order valence-corrected chi connectivity index (χ2v) is 9.01. The molecule has 180 valence electrons. The average Bonchev–Trinajstić information content (AvgIpc) is 3.26. The van der Waals surface area contributed by atoms with Crippen molar-refractivity contribution in [2.45, 2.75) is 6.36 Å². The number of hydrogen-bond acceptors (Lipinski definition) is 5. The first-order valence-electron chi connectivity index (χ1n) is 9.52. The SMILES string of the molecule is O=C(O)Oc1cc(-c2nc(-c3ccc(Cl)c(Cl)c3)cs2)ccc1-c1cc(OC(F)(F)F)ccc1Cl. The molecule has 4 rings (SSSR count). The number of thiazole rings is 1. The fourth-order valence-corrected chi connectivity index (χ4v) is 4.50. The van der Waals surface area contributed by atoms with Crippen molar-refractivity contribution in [2.75, 3.05) is 0 Å². The van der Waals surface area contributed by atoms with Crippen molar-refractivity contribution in [3.05, 3.63) is 75.0 Å². The maximum absolute atomic E-state index is 12.7. The summed E-state index contributed by atoms with van der Waals surface area (Å²) < 4.78 is 46.8. The Hall–Kier alpha value is -2.98. The number of halogens is 6. The van der Waals surface area contributed by atoms with Crippen LogP contribution in [0.3, 0.4) is 0 Å². The average molecular weight is 561 g/mol. The van der Waals surface area contributed by atoms with E-state index >= 15 is 0 Å². The number of alkyl halides is 3. The number of rotatable bonds is 5. The molecular formula is C23H11Cl3F3NO4S. The Balaban J connectivity index is 1.74. The maximum Gasteiger partial charge on any atom is 0.573 e. The molecule has 4 aromatic rings. The molecule has 1 aromatic heterocycles. The van der Waals surface area contributed by atoms with Crippen molar-refractivity contribution in [3.63, 3.8) is 0 Å². The Bertz CT molecular complexity index is 1430. The van der Waals surface area contributed by atoms with Gasteiger partial charge in [-0.25, -0.2) is 9.78 Å². The quantitative estimate of drug-likeness (QED) is 0.195. The lowest BCUT2D eigenvalue weighted by molar-refractivity contribution is -0.274. The molecule has 3 aromatic carbocycles. The summed E-state index contributed by atoms with van der Waals surface area (Å²) in [5.41, 5.74) is 2.10. The van der Waals surface area contributed by atoms with Crippen molar-refractivity contribution in [3.8, 4) is 44.5 Å². The highest BCUT2D eigenvalue weighted by Gasteiger charge is 2.31. The van der Waals surface area contributed by atoms with Gasteiger partial charge in [0.15, 0.2) is 0 Å². The molecular weight excluding hydrogens is 550 g/mol. The van der Waals surface area contributed by atoms with E-state index in [-0.39, 0.29) is 21.9 Å². The lowest BCUT2D eigenvalue weighted by atomic mass is 10.0. The van der Waals surface area contributed by atoms with E-state index in [1.54, 1.807) is 29.6 Å². The van der Waals surface area contributed by atoms with Crippen LogP contribution in [0.2, 0.25) is 15.1 Å². The minimum atomic E-state index is -4.91. The summed E-state index contributed by atoms with van der Waals surface area (Å²) in [6, 6.07) is 12.9. The van der Waals surface area contributed by atoms with Crippen molar-refractivity contribution < 1.29 is 32.5 Å². The van der Waals surface area contributed by atoms with Crippen LogP contribution >= 0.6 is 46.1 Å². The van der Waals surface area contributed by atoms with Gasteiger partial charge in [0.05, 0.1) is 15.7 Å². The largest absolute Gasteiger partial charge is 0.573 e. The summed E-state index contributed by atoms with van der Waals surface area (Å²) in [6.45, 7) is 0. The number of carbonyl (C=O) groups is 1. The van der Waals surface area contributed by atoms with E-state index in [0.29, 0.717) is 26.3 Å². The summed E-state index contributed by atoms with van der Waals surface area (Å²) in [4.78, 5) is 15.9. The minimum Gasteiger partial charge on any atom is -0.449 e. The van der Waals surface area contributed by atoms with Crippen molar-refractivity contribution >= 4 is 52.3 Å². The van der Waals surface area contributed by atoms with Gasteiger partial charge in [-0.05, 0) is 42.5 Å². The minimum absolute atomic E-state index is 0.0682. The van der Waals surface area contributed by atoms with E-state index in [4.69, 9.17) is 39.5 Å². The number of nitrogens with zero attached hydrogens (tertiary/aromatic N) is 1. The van der Waals surface area contributed by atoms with Crippen LogP contribution in [-0.2, 0) is 0 Å². The molecule has 1 heterocycles. The number of aromatic nitrogens is 1. The molecule has 0 saturated heterocycles. The second-order valence-electron chi connectivity index (χ2n) is 6.94. The number of benzene rings is 3. The van der Waals surface area contributed by atoms with Crippen LogP contribution in [0.25, 0.3) is 33.0 Å². The Morgan fingerprint density at radius 2 is 1.60 bits per heavy atom. The van der Waals surface area contributed by atoms with Crippen LogP contribution in [0, 0.1) is 0 Å². The van der Waals surface area contributed by atoms with E-state index in [9.17, 15) is 23.1 Å². The van der Waals surface area contributed by atoms with Crippen molar-refractivity contribution in [1.29, 1.82) is 0 Å². The summed E-state index contributed by atoms with van der Waals surface area (Å²) in [7, 11) is 0. The maximum atomic E-state index is 12.7. The first-order chi connectivity index (χ1) is 16.5. The Morgan fingerprint density at radius 1 is 0.886 bits per heavy atom. The van der Waals surface area contributed by atoms with Crippen LogP contribution in [0.1, 0.15) is 0 Å². The topological polar surface area (TPSA) is 68.7 Å². The summed E-state index contributed by atoms with van der Waals surface area (Å²) in [6.07, 6.45) is -6.52. The molecule has 0 saturated carbocycles. The molecule has 0 atom stereocenters. The normalized spacial score (nSPS) is 11.4. The number of hydrogen-bond donors (Lipinski definition) is 1. The van der Waals surface area contributed by atoms with Crippen LogP contribution in [-0.4, -0.2) is 22.6 Å². The highest BCUT2D eigenvalue weighted by Crippen LogP contribution is 2.41. The fourth-order valence-electron chi connectivity index (χ4n) is 3.16. The summed E-state index contributed by atoms with van der Waals surface area (Å²) >= 11 is 19.5. The van der Waals surface area contributed by atoms with Crippen molar-refractivity contribution in [2.24, 2.45) is 0 Å². The molecule has 0 amide bonds. The molecule has 35 heavy (non-hydrogen) atoms. The highest BCUT2D eigenvalue weighted by atomic mass is 35.5. The molecule has 0 radical (unpaired) electrons. The predicted molar refractivity (Wildman–Crippen MR) is 129 cm³/mol. The fraction of sp³-hybridized carbons (Fsp3) is 0.0435. The van der Waals surface area contributed by atoms with E-state index in [0.717, 1.165) is 17.7 Å². The van der Waals surface area contributed by atoms with Gasteiger partial charge in [-0.1, -0.05) is 46.9 Å². The monoisotopic (exact) mass is 559 g/mol. The predicted octanol–water partition coefficient (Wildman–Crippen LogP) is 9.06. The van der Waals surface area contributed by atoms with Gasteiger partial charge in [0, 0.05) is 32.7 Å². The lowest BCUT2D eigenvalue weighted by Crippen LogP contribution is -2.17. The van der Waals surface area contributed by atoms with Crippen LogP contribution < -0.4 is 9.47 Å². The van der Waals surface area contributed by atoms with Gasteiger partial charge < -0.3 is 14.6 Å². The smallest absolute Gasteiger partial charge is 0.449 e. The summed E-state index contributed by atoms with van der Waals surface area (Å²) in [5.74, 6) is -0.666. The third-order valence-corrected chi connectivity index (χ3v) is 6.57. The van der Waals surface area contributed by atoms with Crippen LogP contribution in [0.5, 0.6) is 11.5 Å². The van der Waals surface area contributed by atoms with E-state index in [1.807, 2.05) is 0 Å². The zero-order valence-corrected chi connectivity index (χ0v) is 20.2. The first kappa shape index (κ1) is 25.1.